The van der Waals surface area contributed by atoms with E-state index in [0.717, 1.165) is 22.9 Å². The third-order valence-electron chi connectivity index (χ3n) is 4.40. The number of aromatic nitrogens is 2. The van der Waals surface area contributed by atoms with Gasteiger partial charge in [-0.1, -0.05) is 18.2 Å². The van der Waals surface area contributed by atoms with Crippen molar-refractivity contribution in [2.75, 3.05) is 5.32 Å². The average Bonchev–Trinajstić information content (AvgIpc) is 3.49. The maximum atomic E-state index is 12.4. The van der Waals surface area contributed by atoms with Crippen LogP contribution in [0.5, 0.6) is 0 Å². The predicted octanol–water partition coefficient (Wildman–Crippen LogP) is 1.93. The van der Waals surface area contributed by atoms with E-state index in [4.69, 9.17) is 0 Å². The van der Waals surface area contributed by atoms with Crippen molar-refractivity contribution in [3.63, 3.8) is 0 Å². The summed E-state index contributed by atoms with van der Waals surface area (Å²) in [5.74, 6) is -0.475. The molecule has 27 heavy (non-hydrogen) atoms. The molecule has 4 rings (SSSR count). The minimum absolute atomic E-state index is 0.109. The molecule has 2 aromatic carbocycles. The summed E-state index contributed by atoms with van der Waals surface area (Å²) in [5.41, 5.74) is 0.791. The number of carbonyl (C=O) groups excluding carboxylic acids is 2. The van der Waals surface area contributed by atoms with Crippen molar-refractivity contribution in [1.29, 1.82) is 0 Å². The topological polar surface area (TPSA) is 93.1 Å². The minimum Gasteiger partial charge on any atom is -0.349 e. The molecule has 3 aromatic rings. The second kappa shape index (κ2) is 7.03. The monoisotopic (exact) mass is 362 g/mol. The number of benzene rings is 2. The van der Waals surface area contributed by atoms with Crippen molar-refractivity contribution in [3.05, 3.63) is 70.6 Å². The van der Waals surface area contributed by atoms with Gasteiger partial charge in [0.1, 0.15) is 6.54 Å². The van der Waals surface area contributed by atoms with Gasteiger partial charge in [-0.2, -0.15) is 5.10 Å². The molecule has 1 saturated carbocycles. The van der Waals surface area contributed by atoms with Crippen LogP contribution in [0.3, 0.4) is 0 Å². The van der Waals surface area contributed by atoms with E-state index in [9.17, 15) is 14.4 Å². The highest BCUT2D eigenvalue weighted by Crippen LogP contribution is 2.19. The Morgan fingerprint density at radius 1 is 1.07 bits per heavy atom. The Labute approximate surface area is 155 Å². The Bertz CT molecular complexity index is 1070. The van der Waals surface area contributed by atoms with Gasteiger partial charge < -0.3 is 10.6 Å². The van der Waals surface area contributed by atoms with Crippen molar-refractivity contribution in [2.45, 2.75) is 25.4 Å². The summed E-state index contributed by atoms with van der Waals surface area (Å²) in [7, 11) is 0. The van der Waals surface area contributed by atoms with Gasteiger partial charge in [0.05, 0.1) is 11.6 Å². The van der Waals surface area contributed by atoms with E-state index < -0.39 is 0 Å². The highest BCUT2D eigenvalue weighted by Gasteiger charge is 2.23. The fourth-order valence-corrected chi connectivity index (χ4v) is 2.78. The predicted molar refractivity (Wildman–Crippen MR) is 102 cm³/mol. The lowest BCUT2D eigenvalue weighted by Gasteiger charge is -2.08. The number of carbonyl (C=O) groups is 2. The number of nitrogens with zero attached hydrogens (tertiary/aromatic N) is 2. The highest BCUT2D eigenvalue weighted by molar-refractivity contribution is 5.96. The molecule has 136 valence electrons. The summed E-state index contributed by atoms with van der Waals surface area (Å²) in [4.78, 5) is 36.6. The molecular formula is C20H18N4O3. The Morgan fingerprint density at radius 2 is 1.81 bits per heavy atom. The first-order valence-corrected chi connectivity index (χ1v) is 8.76. The fourth-order valence-electron chi connectivity index (χ4n) is 2.78. The number of hydrogen-bond acceptors (Lipinski definition) is 4. The van der Waals surface area contributed by atoms with Gasteiger partial charge in [-0.05, 0) is 43.2 Å². The maximum absolute atomic E-state index is 12.4. The molecule has 1 aliphatic carbocycles. The first-order chi connectivity index (χ1) is 13.1. The summed E-state index contributed by atoms with van der Waals surface area (Å²) in [6.07, 6.45) is 3.63. The summed E-state index contributed by atoms with van der Waals surface area (Å²) in [6, 6.07) is 14.1. The number of amides is 2. The van der Waals surface area contributed by atoms with E-state index in [-0.39, 0.29) is 23.9 Å². The molecule has 2 amide bonds. The largest absolute Gasteiger partial charge is 0.349 e. The lowest BCUT2D eigenvalue weighted by atomic mass is 10.2. The maximum Gasteiger partial charge on any atom is 0.275 e. The van der Waals surface area contributed by atoms with Crippen LogP contribution >= 0.6 is 0 Å². The smallest absolute Gasteiger partial charge is 0.275 e. The standard InChI is InChI=1S/C20H18N4O3/c25-18(12-24-20(27)17-4-2-1-3-14(17)11-21-24)22-15-7-5-13(6-8-15)19(26)23-16-9-10-16/h1-8,11,16H,9-10,12H2,(H,22,25)(H,23,26). The van der Waals surface area contributed by atoms with Gasteiger partial charge in [-0.25, -0.2) is 4.68 Å². The van der Waals surface area contributed by atoms with Crippen molar-refractivity contribution < 1.29 is 9.59 Å². The van der Waals surface area contributed by atoms with E-state index in [2.05, 4.69) is 15.7 Å². The second-order valence-electron chi connectivity index (χ2n) is 6.57. The first kappa shape index (κ1) is 17.0. The van der Waals surface area contributed by atoms with Crippen molar-refractivity contribution in [1.82, 2.24) is 15.1 Å². The van der Waals surface area contributed by atoms with Gasteiger partial charge >= 0.3 is 0 Å². The van der Waals surface area contributed by atoms with E-state index in [1.165, 1.54) is 0 Å². The molecule has 7 heteroatoms. The van der Waals surface area contributed by atoms with Crippen LogP contribution in [0.25, 0.3) is 10.8 Å². The highest BCUT2D eigenvalue weighted by atomic mass is 16.2. The van der Waals surface area contributed by atoms with Crippen LogP contribution in [0.4, 0.5) is 5.69 Å². The zero-order valence-corrected chi connectivity index (χ0v) is 14.5. The van der Waals surface area contributed by atoms with Crippen LogP contribution < -0.4 is 16.2 Å². The van der Waals surface area contributed by atoms with Crippen LogP contribution in [0, 0.1) is 0 Å². The van der Waals surface area contributed by atoms with E-state index >= 15 is 0 Å². The van der Waals surface area contributed by atoms with E-state index in [1.807, 2.05) is 6.07 Å². The van der Waals surface area contributed by atoms with Crippen LogP contribution in [0.2, 0.25) is 0 Å². The second-order valence-corrected chi connectivity index (χ2v) is 6.57. The number of anilines is 1. The zero-order chi connectivity index (χ0) is 18.8. The van der Waals surface area contributed by atoms with Crippen molar-refractivity contribution in [3.8, 4) is 0 Å². The van der Waals surface area contributed by atoms with Gasteiger partial charge in [0.2, 0.25) is 5.91 Å². The Balaban J connectivity index is 1.42. The number of hydrogen-bond donors (Lipinski definition) is 2. The molecular weight excluding hydrogens is 344 g/mol. The van der Waals surface area contributed by atoms with Gasteiger partial charge in [0.25, 0.3) is 11.5 Å². The Hall–Kier alpha value is -3.48. The average molecular weight is 362 g/mol. The molecule has 0 unspecified atom stereocenters. The molecule has 1 heterocycles. The SMILES string of the molecule is O=C(Cn1ncc2ccccc2c1=O)Nc1ccc(C(=O)NC2CC2)cc1. The minimum atomic E-state index is -0.366. The van der Waals surface area contributed by atoms with Gasteiger partial charge in [0, 0.05) is 22.7 Å². The number of rotatable bonds is 5. The van der Waals surface area contributed by atoms with Crippen molar-refractivity contribution >= 4 is 28.3 Å². The van der Waals surface area contributed by atoms with Crippen LogP contribution in [-0.2, 0) is 11.3 Å². The molecule has 0 bridgehead atoms. The molecule has 1 aliphatic rings. The molecule has 0 spiro atoms. The van der Waals surface area contributed by atoms with E-state index in [0.29, 0.717) is 22.7 Å². The van der Waals surface area contributed by atoms with Gasteiger partial charge in [-0.3, -0.25) is 14.4 Å². The van der Waals surface area contributed by atoms with E-state index in [1.54, 1.807) is 48.7 Å². The fraction of sp³-hybridized carbons (Fsp3) is 0.200. The lowest BCUT2D eigenvalue weighted by molar-refractivity contribution is -0.117. The third kappa shape index (κ3) is 3.87. The summed E-state index contributed by atoms with van der Waals surface area (Å²) in [5, 5.41) is 10.9. The molecule has 0 aliphatic heterocycles. The van der Waals surface area contributed by atoms with Gasteiger partial charge in [-0.15, -0.1) is 0 Å². The van der Waals surface area contributed by atoms with Crippen LogP contribution in [0.15, 0.2) is 59.5 Å². The zero-order valence-electron chi connectivity index (χ0n) is 14.5. The molecule has 0 radical (unpaired) electrons. The van der Waals surface area contributed by atoms with Crippen LogP contribution in [-0.4, -0.2) is 27.6 Å². The summed E-state index contributed by atoms with van der Waals surface area (Å²) < 4.78 is 1.13. The number of nitrogens with one attached hydrogen (secondary N) is 2. The Morgan fingerprint density at radius 3 is 2.56 bits per heavy atom. The summed E-state index contributed by atoms with van der Waals surface area (Å²) in [6.45, 7) is -0.187. The summed E-state index contributed by atoms with van der Waals surface area (Å²) >= 11 is 0. The molecule has 1 aromatic heterocycles. The molecule has 1 fully saturated rings. The van der Waals surface area contributed by atoms with Gasteiger partial charge in [0.15, 0.2) is 0 Å². The molecule has 7 nitrogen and oxygen atoms in total. The Kier molecular flexibility index (Phi) is 4.42. The molecule has 0 atom stereocenters. The normalized spacial score (nSPS) is 13.3. The lowest BCUT2D eigenvalue weighted by Crippen LogP contribution is -2.29. The first-order valence-electron chi connectivity index (χ1n) is 8.76. The molecule has 2 N–H and O–H groups in total. The quantitative estimate of drug-likeness (QED) is 0.725. The third-order valence-corrected chi connectivity index (χ3v) is 4.40. The van der Waals surface area contributed by atoms with Crippen molar-refractivity contribution in [2.24, 2.45) is 0 Å². The molecule has 0 saturated heterocycles. The number of fused-ring (bicyclic) bond motifs is 1. The van der Waals surface area contributed by atoms with Crippen LogP contribution in [0.1, 0.15) is 23.2 Å².